The van der Waals surface area contributed by atoms with Gasteiger partial charge in [-0.25, -0.2) is 17.8 Å². The fourth-order valence-corrected chi connectivity index (χ4v) is 3.61. The maximum Gasteiger partial charge on any atom is 0.241 e. The van der Waals surface area contributed by atoms with Gasteiger partial charge in [-0.15, -0.1) is 5.10 Å². The highest BCUT2D eigenvalue weighted by Gasteiger charge is 2.17. The van der Waals surface area contributed by atoms with Crippen LogP contribution in [0.1, 0.15) is 11.3 Å². The Hall–Kier alpha value is -2.29. The molecule has 0 fully saturated rings. The van der Waals surface area contributed by atoms with Crippen molar-refractivity contribution < 1.29 is 8.42 Å². The molecule has 1 N–H and O–H groups in total. The highest BCUT2D eigenvalue weighted by molar-refractivity contribution is 7.89. The van der Waals surface area contributed by atoms with E-state index < -0.39 is 10.0 Å². The Morgan fingerprint density at radius 2 is 2.12 bits per heavy atom. The summed E-state index contributed by atoms with van der Waals surface area (Å²) >= 11 is 5.89. The van der Waals surface area contributed by atoms with Gasteiger partial charge in [0, 0.05) is 11.2 Å². The van der Waals surface area contributed by atoms with Crippen molar-refractivity contribution >= 4 is 21.6 Å². The minimum atomic E-state index is -3.69. The Morgan fingerprint density at radius 3 is 2.88 bits per heavy atom. The van der Waals surface area contributed by atoms with Gasteiger partial charge < -0.3 is 0 Å². The Morgan fingerprint density at radius 1 is 1.29 bits per heavy atom. The second kappa shape index (κ2) is 6.68. The molecule has 2 aromatic heterocycles. The maximum atomic E-state index is 12.4. The number of pyridine rings is 1. The summed E-state index contributed by atoms with van der Waals surface area (Å²) in [5, 5.41) is 8.29. The standard InChI is InChI=1S/C15H14ClN5O2S/c1-11-4-5-12(16)7-15(11)24(22,23)18-8-13-10-21(20-19-13)14-3-2-6-17-9-14/h2-7,9-10,18H,8H2,1H3. The zero-order chi connectivity index (χ0) is 17.2. The first-order valence-corrected chi connectivity index (χ1v) is 8.89. The molecule has 3 rings (SSSR count). The van der Waals surface area contributed by atoms with Crippen LogP contribution < -0.4 is 4.72 Å². The third kappa shape index (κ3) is 3.61. The number of sulfonamides is 1. The Balaban J connectivity index is 1.76. The van der Waals surface area contributed by atoms with Crippen molar-refractivity contribution in [3.05, 3.63) is 65.2 Å². The summed E-state index contributed by atoms with van der Waals surface area (Å²) in [4.78, 5) is 4.15. The van der Waals surface area contributed by atoms with Crippen LogP contribution in [0.2, 0.25) is 5.02 Å². The lowest BCUT2D eigenvalue weighted by atomic mass is 10.2. The first-order chi connectivity index (χ1) is 11.5. The summed E-state index contributed by atoms with van der Waals surface area (Å²) in [5.41, 5.74) is 1.85. The van der Waals surface area contributed by atoms with E-state index in [2.05, 4.69) is 20.0 Å². The molecule has 0 radical (unpaired) electrons. The van der Waals surface area contributed by atoms with Crippen molar-refractivity contribution in [2.45, 2.75) is 18.4 Å². The third-order valence-electron chi connectivity index (χ3n) is 3.33. The number of hydrogen-bond donors (Lipinski definition) is 1. The maximum absolute atomic E-state index is 12.4. The Kier molecular flexibility index (Phi) is 4.61. The number of halogens is 1. The molecular weight excluding hydrogens is 350 g/mol. The van der Waals surface area contributed by atoms with Gasteiger partial charge in [0.25, 0.3) is 0 Å². The van der Waals surface area contributed by atoms with E-state index in [0.29, 0.717) is 16.3 Å². The first kappa shape index (κ1) is 16.6. The van der Waals surface area contributed by atoms with Crippen LogP contribution in [-0.2, 0) is 16.6 Å². The van der Waals surface area contributed by atoms with E-state index in [0.717, 1.165) is 5.69 Å². The number of aromatic nitrogens is 4. The summed E-state index contributed by atoms with van der Waals surface area (Å²) in [7, 11) is -3.69. The first-order valence-electron chi connectivity index (χ1n) is 7.03. The Labute approximate surface area is 144 Å². The molecule has 7 nitrogen and oxygen atoms in total. The molecule has 24 heavy (non-hydrogen) atoms. The highest BCUT2D eigenvalue weighted by atomic mass is 35.5. The van der Waals surface area contributed by atoms with Crippen molar-refractivity contribution in [2.24, 2.45) is 0 Å². The minimum absolute atomic E-state index is 0.0224. The third-order valence-corrected chi connectivity index (χ3v) is 5.11. The second-order valence-corrected chi connectivity index (χ2v) is 7.27. The van der Waals surface area contributed by atoms with E-state index in [9.17, 15) is 8.42 Å². The van der Waals surface area contributed by atoms with Gasteiger partial charge in [0.1, 0.15) is 0 Å². The number of aryl methyl sites for hydroxylation is 1. The van der Waals surface area contributed by atoms with Crippen LogP contribution in [0.5, 0.6) is 0 Å². The lowest BCUT2D eigenvalue weighted by Gasteiger charge is -2.08. The van der Waals surface area contributed by atoms with E-state index in [1.165, 1.54) is 10.7 Å². The van der Waals surface area contributed by atoms with Gasteiger partial charge in [0.05, 0.1) is 35.2 Å². The molecule has 124 valence electrons. The molecule has 0 atom stereocenters. The number of rotatable bonds is 5. The molecule has 3 aromatic rings. The molecule has 0 saturated heterocycles. The molecule has 0 spiro atoms. The van der Waals surface area contributed by atoms with E-state index >= 15 is 0 Å². The zero-order valence-electron chi connectivity index (χ0n) is 12.7. The van der Waals surface area contributed by atoms with E-state index in [4.69, 9.17) is 11.6 Å². The van der Waals surface area contributed by atoms with Gasteiger partial charge in [-0.05, 0) is 36.8 Å². The molecule has 0 aliphatic carbocycles. The van der Waals surface area contributed by atoms with Gasteiger partial charge in [-0.1, -0.05) is 22.9 Å². The highest BCUT2D eigenvalue weighted by Crippen LogP contribution is 2.20. The lowest BCUT2D eigenvalue weighted by Crippen LogP contribution is -2.24. The molecule has 2 heterocycles. The van der Waals surface area contributed by atoms with Crippen LogP contribution >= 0.6 is 11.6 Å². The lowest BCUT2D eigenvalue weighted by molar-refractivity contribution is 0.579. The number of benzene rings is 1. The van der Waals surface area contributed by atoms with E-state index in [-0.39, 0.29) is 11.4 Å². The van der Waals surface area contributed by atoms with Gasteiger partial charge in [-0.3, -0.25) is 4.98 Å². The SMILES string of the molecule is Cc1ccc(Cl)cc1S(=O)(=O)NCc1cn(-c2cccnc2)nn1. The molecule has 0 amide bonds. The molecule has 0 bridgehead atoms. The van der Waals surface area contributed by atoms with Crippen LogP contribution in [0.4, 0.5) is 0 Å². The second-order valence-electron chi connectivity index (χ2n) is 5.10. The van der Waals surface area contributed by atoms with Crippen molar-refractivity contribution in [1.29, 1.82) is 0 Å². The van der Waals surface area contributed by atoms with Crippen molar-refractivity contribution in [3.63, 3.8) is 0 Å². The van der Waals surface area contributed by atoms with Crippen molar-refractivity contribution in [1.82, 2.24) is 24.7 Å². The van der Waals surface area contributed by atoms with Crippen molar-refractivity contribution in [3.8, 4) is 5.69 Å². The fraction of sp³-hybridized carbons (Fsp3) is 0.133. The minimum Gasteiger partial charge on any atom is -0.262 e. The van der Waals surface area contributed by atoms with Crippen LogP contribution in [0, 0.1) is 6.92 Å². The van der Waals surface area contributed by atoms with Crippen LogP contribution in [-0.4, -0.2) is 28.4 Å². The molecule has 0 unspecified atom stereocenters. The van der Waals surface area contributed by atoms with Gasteiger partial charge >= 0.3 is 0 Å². The monoisotopic (exact) mass is 363 g/mol. The predicted molar refractivity (Wildman–Crippen MR) is 89.4 cm³/mol. The molecule has 1 aromatic carbocycles. The molecule has 0 saturated carbocycles. The van der Waals surface area contributed by atoms with Gasteiger partial charge in [-0.2, -0.15) is 0 Å². The van der Waals surface area contributed by atoms with Crippen molar-refractivity contribution in [2.75, 3.05) is 0 Å². The average molecular weight is 364 g/mol. The Bertz CT molecular complexity index is 957. The van der Waals surface area contributed by atoms with Crippen LogP contribution in [0.25, 0.3) is 5.69 Å². The van der Waals surface area contributed by atoms with E-state index in [1.807, 2.05) is 6.07 Å². The zero-order valence-corrected chi connectivity index (χ0v) is 14.3. The molecule has 9 heteroatoms. The van der Waals surface area contributed by atoms with Crippen LogP contribution in [0.3, 0.4) is 0 Å². The summed E-state index contributed by atoms with van der Waals surface area (Å²) in [6, 6.07) is 8.34. The topological polar surface area (TPSA) is 89.8 Å². The average Bonchev–Trinajstić information content (AvgIpc) is 3.05. The summed E-state index contributed by atoms with van der Waals surface area (Å²) in [5.74, 6) is 0. The smallest absolute Gasteiger partial charge is 0.241 e. The van der Waals surface area contributed by atoms with Crippen LogP contribution in [0.15, 0.2) is 53.8 Å². The van der Waals surface area contributed by atoms with Gasteiger partial charge in [0.2, 0.25) is 10.0 Å². The molecule has 0 aliphatic heterocycles. The normalized spacial score (nSPS) is 11.6. The van der Waals surface area contributed by atoms with Gasteiger partial charge in [0.15, 0.2) is 0 Å². The quantitative estimate of drug-likeness (QED) is 0.749. The summed E-state index contributed by atoms with van der Waals surface area (Å²) < 4.78 is 28.9. The van der Waals surface area contributed by atoms with E-state index in [1.54, 1.807) is 43.7 Å². The summed E-state index contributed by atoms with van der Waals surface area (Å²) in [6.45, 7) is 1.73. The predicted octanol–water partition coefficient (Wildman–Crippen LogP) is 2.10. The molecule has 0 aliphatic rings. The number of nitrogens with zero attached hydrogens (tertiary/aromatic N) is 4. The number of hydrogen-bond acceptors (Lipinski definition) is 5. The largest absolute Gasteiger partial charge is 0.262 e. The summed E-state index contributed by atoms with van der Waals surface area (Å²) in [6.07, 6.45) is 4.94. The molecular formula is C15H14ClN5O2S. The number of nitrogens with one attached hydrogen (secondary N) is 1. The fourth-order valence-electron chi connectivity index (χ4n) is 2.11.